The summed E-state index contributed by atoms with van der Waals surface area (Å²) in [6, 6.07) is 24.3. The maximum Gasteiger partial charge on any atom is 0.166 e. The van der Waals surface area contributed by atoms with Crippen LogP contribution in [-0.2, 0) is 36.1 Å². The molecule has 3 heterocycles. The summed E-state index contributed by atoms with van der Waals surface area (Å²) >= 11 is 0. The highest BCUT2D eigenvalue weighted by atomic mass is 19.1. The van der Waals surface area contributed by atoms with Crippen LogP contribution in [-0.4, -0.2) is 39.3 Å². The van der Waals surface area contributed by atoms with Gasteiger partial charge >= 0.3 is 0 Å². The van der Waals surface area contributed by atoms with Crippen LogP contribution in [0.4, 0.5) is 8.78 Å². The van der Waals surface area contributed by atoms with Gasteiger partial charge < -0.3 is 19.1 Å². The second-order valence-corrected chi connectivity index (χ2v) is 15.8. The molecule has 1 N–H and O–H groups in total. The lowest BCUT2D eigenvalue weighted by Gasteiger charge is -2.64. The molecule has 1 saturated heterocycles. The van der Waals surface area contributed by atoms with Gasteiger partial charge in [0, 0.05) is 42.0 Å². The summed E-state index contributed by atoms with van der Waals surface area (Å²) in [5, 5.41) is 12.7. The van der Waals surface area contributed by atoms with Gasteiger partial charge in [0.2, 0.25) is 0 Å². The molecule has 5 aromatic rings. The summed E-state index contributed by atoms with van der Waals surface area (Å²) in [5.74, 6) is 1.32. The fourth-order valence-corrected chi connectivity index (χ4v) is 10.2. The minimum Gasteiger partial charge on any atom is -0.504 e. The van der Waals surface area contributed by atoms with Crippen molar-refractivity contribution in [1.82, 2.24) is 9.47 Å². The predicted octanol–water partition coefficient (Wildman–Crippen LogP) is 8.72. The van der Waals surface area contributed by atoms with Gasteiger partial charge in [0.05, 0.1) is 17.7 Å². The van der Waals surface area contributed by atoms with Gasteiger partial charge in [-0.05, 0) is 114 Å². The summed E-state index contributed by atoms with van der Waals surface area (Å²) in [6.07, 6.45) is 4.50. The molecule has 0 unspecified atom stereocenters. The number of fused-ring (bicyclic) bond motifs is 4. The van der Waals surface area contributed by atoms with E-state index in [0.717, 1.165) is 59.8 Å². The number of piperidine rings is 1. The number of rotatable bonds is 8. The van der Waals surface area contributed by atoms with E-state index in [0.29, 0.717) is 31.2 Å². The van der Waals surface area contributed by atoms with Gasteiger partial charge in [0.15, 0.2) is 17.6 Å². The number of phenolic OH excluding ortho intramolecular Hbond substituents is 1. The average Bonchev–Trinajstić information content (AvgIpc) is 3.79. The van der Waals surface area contributed by atoms with Crippen LogP contribution in [0.1, 0.15) is 84.2 Å². The minimum atomic E-state index is -0.666. The Morgan fingerprint density at radius 3 is 2.40 bits per heavy atom. The second kappa shape index (κ2) is 10.9. The molecule has 256 valence electrons. The molecule has 5 aliphatic rings. The smallest absolute Gasteiger partial charge is 0.166 e. The van der Waals surface area contributed by atoms with Crippen molar-refractivity contribution in [2.24, 2.45) is 5.92 Å². The van der Waals surface area contributed by atoms with Gasteiger partial charge in [0.1, 0.15) is 17.2 Å². The number of halogens is 2. The van der Waals surface area contributed by atoms with E-state index in [1.54, 1.807) is 6.07 Å². The zero-order chi connectivity index (χ0) is 33.9. The lowest BCUT2D eigenvalue weighted by molar-refractivity contribution is -0.211. The maximum absolute atomic E-state index is 14.1. The van der Waals surface area contributed by atoms with Gasteiger partial charge in [-0.1, -0.05) is 50.2 Å². The minimum absolute atomic E-state index is 0.100. The number of hydrogen-bond donors (Lipinski definition) is 1. The summed E-state index contributed by atoms with van der Waals surface area (Å²) in [6.45, 7) is 7.38. The van der Waals surface area contributed by atoms with Crippen LogP contribution in [0.25, 0.3) is 10.9 Å². The average molecular weight is 673 g/mol. The molecule has 7 heteroatoms. The third kappa shape index (κ3) is 4.29. The third-order valence-corrected chi connectivity index (χ3v) is 12.7. The van der Waals surface area contributed by atoms with Crippen molar-refractivity contribution >= 4 is 10.9 Å². The van der Waals surface area contributed by atoms with Crippen LogP contribution in [0.3, 0.4) is 0 Å². The van der Waals surface area contributed by atoms with Crippen molar-refractivity contribution in [2.45, 2.75) is 88.2 Å². The molecule has 2 aliphatic heterocycles. The molecule has 3 aliphatic carbocycles. The maximum atomic E-state index is 14.1. The Morgan fingerprint density at radius 1 is 0.940 bits per heavy atom. The molecule has 0 amide bonds. The zero-order valence-electron chi connectivity index (χ0n) is 28.6. The molecule has 1 saturated carbocycles. The molecule has 4 aromatic carbocycles. The van der Waals surface area contributed by atoms with Crippen molar-refractivity contribution in [3.8, 4) is 11.5 Å². The Balaban J connectivity index is 1.24. The summed E-state index contributed by atoms with van der Waals surface area (Å²) in [5.41, 5.74) is 7.84. The first-order valence-electron chi connectivity index (χ1n) is 18.3. The lowest BCUT2D eigenvalue weighted by atomic mass is 9.48. The Labute approximate surface area is 291 Å². The van der Waals surface area contributed by atoms with E-state index in [4.69, 9.17) is 9.47 Å². The fraction of sp³-hybridized carbons (Fsp3) is 0.395. The number of aromatic nitrogens is 1. The summed E-state index contributed by atoms with van der Waals surface area (Å²) in [4.78, 5) is 2.71. The highest BCUT2D eigenvalue weighted by Crippen LogP contribution is 2.70. The quantitative estimate of drug-likeness (QED) is 0.179. The van der Waals surface area contributed by atoms with E-state index in [9.17, 15) is 13.9 Å². The van der Waals surface area contributed by atoms with Crippen molar-refractivity contribution in [1.29, 1.82) is 0 Å². The number of nitrogens with zero attached hydrogens (tertiary/aromatic N) is 2. The molecule has 1 spiro atoms. The number of hydrogen-bond acceptors (Lipinski definition) is 4. The Hall–Kier alpha value is -4.20. The predicted molar refractivity (Wildman–Crippen MR) is 189 cm³/mol. The van der Waals surface area contributed by atoms with Crippen molar-refractivity contribution in [3.63, 3.8) is 0 Å². The largest absolute Gasteiger partial charge is 0.504 e. The monoisotopic (exact) mass is 672 g/mol. The van der Waals surface area contributed by atoms with E-state index in [1.165, 1.54) is 59.2 Å². The Bertz CT molecular complexity index is 2150. The summed E-state index contributed by atoms with van der Waals surface area (Å²) < 4.78 is 45.3. The molecule has 2 bridgehead atoms. The topological polar surface area (TPSA) is 46.9 Å². The number of likely N-dealkylation sites (tertiary alicyclic amines) is 1. The Kier molecular flexibility index (Phi) is 6.67. The first-order chi connectivity index (χ1) is 24.3. The van der Waals surface area contributed by atoms with Gasteiger partial charge in [-0.3, -0.25) is 4.90 Å². The van der Waals surface area contributed by atoms with Gasteiger partial charge in [-0.15, -0.1) is 0 Å². The second-order valence-electron chi connectivity index (χ2n) is 15.8. The SMILES string of the molecule is CC(C)c1ccc2c(c1)c1c(n2Cc2ccc(F)cc2)[C@@H]2Oc3c(O)ccc4c3[C@@]23CCN(CC2CC2)[C@@H](C4)[C@]3(OCc2ccc(F)cc2)C1. The van der Waals surface area contributed by atoms with Crippen molar-refractivity contribution in [2.75, 3.05) is 13.1 Å². The van der Waals surface area contributed by atoms with E-state index >= 15 is 0 Å². The van der Waals surface area contributed by atoms with E-state index in [2.05, 4.69) is 47.6 Å². The molecule has 4 atom stereocenters. The Morgan fingerprint density at radius 2 is 1.68 bits per heavy atom. The van der Waals surface area contributed by atoms with Gasteiger partial charge in [-0.2, -0.15) is 0 Å². The van der Waals surface area contributed by atoms with Crippen LogP contribution in [0.5, 0.6) is 11.5 Å². The highest BCUT2D eigenvalue weighted by molar-refractivity contribution is 5.88. The molecular formula is C43H42F2N2O3. The van der Waals surface area contributed by atoms with E-state index < -0.39 is 17.1 Å². The van der Waals surface area contributed by atoms with Crippen LogP contribution in [0.15, 0.2) is 78.9 Å². The van der Waals surface area contributed by atoms with Crippen LogP contribution < -0.4 is 4.74 Å². The van der Waals surface area contributed by atoms with Crippen LogP contribution >= 0.6 is 0 Å². The number of benzene rings is 4. The fourth-order valence-electron chi connectivity index (χ4n) is 10.2. The van der Waals surface area contributed by atoms with Gasteiger partial charge in [-0.25, -0.2) is 8.78 Å². The van der Waals surface area contributed by atoms with Crippen LogP contribution in [0, 0.1) is 17.6 Å². The van der Waals surface area contributed by atoms with E-state index in [1.807, 2.05) is 24.3 Å². The third-order valence-electron chi connectivity index (χ3n) is 12.7. The normalized spacial score (nSPS) is 26.3. The molecule has 0 radical (unpaired) electrons. The highest BCUT2D eigenvalue weighted by Gasteiger charge is 2.74. The number of phenols is 1. The summed E-state index contributed by atoms with van der Waals surface area (Å²) in [7, 11) is 0. The number of ether oxygens (including phenoxy) is 2. The van der Waals surface area contributed by atoms with Crippen LogP contribution in [0.2, 0.25) is 0 Å². The molecule has 50 heavy (non-hydrogen) atoms. The van der Waals surface area contributed by atoms with Crippen molar-refractivity contribution < 1.29 is 23.4 Å². The zero-order valence-corrected chi connectivity index (χ0v) is 28.6. The standard InChI is InChI=1S/C43H42F2N2O3/c1-25(2)29-9-15-35-33(19-29)34-21-43(49-24-28-7-13-32(45)14-8-28)37-20-30-10-16-36(48)40-38(30)42(43,17-18-46(37)22-26-3-4-26)41(50-40)39(34)47(35)23-27-5-11-31(44)12-6-27/h5-16,19,25-26,37,41,48H,3-4,17-18,20-24H2,1-2H3/t37-,41-,42-,43+/m0/s1. The number of aromatic hydroxyl groups is 1. The first kappa shape index (κ1) is 30.6. The first-order valence-corrected chi connectivity index (χ1v) is 18.3. The molecule has 2 fully saturated rings. The van der Waals surface area contributed by atoms with E-state index in [-0.39, 0.29) is 23.4 Å². The molecule has 5 nitrogen and oxygen atoms in total. The lowest BCUT2D eigenvalue weighted by Crippen LogP contribution is -2.75. The molecular weight excluding hydrogens is 630 g/mol. The molecule has 1 aromatic heterocycles. The molecule has 10 rings (SSSR count). The van der Waals surface area contributed by atoms with Gasteiger partial charge in [0.25, 0.3) is 0 Å². The van der Waals surface area contributed by atoms with Crippen molar-refractivity contribution in [3.05, 3.63) is 130 Å².